The molecule has 3 heterocycles. The molecule has 1 amide bonds. The van der Waals surface area contributed by atoms with Gasteiger partial charge in [-0.2, -0.15) is 9.61 Å². The third kappa shape index (κ3) is 5.34. The third-order valence-electron chi connectivity index (χ3n) is 4.23. The number of morpholine rings is 1. The molecule has 2 aromatic rings. The zero-order valence-corrected chi connectivity index (χ0v) is 18.7. The van der Waals surface area contributed by atoms with Crippen molar-refractivity contribution in [2.45, 2.75) is 32.8 Å². The Hall–Kier alpha value is -1.42. The standard InChI is InChI=1S/C18H25BrClN5O3/c1-18(2,3)28-17(26)24(6-4-5-23-7-9-27-10-8-23)15-11-14(20)22-16-13(19)12-21-25(15)16/h11-12H,4-10H2,1-3H3. The summed E-state index contributed by atoms with van der Waals surface area (Å²) in [5.41, 5.74) is -0.0653. The Morgan fingerprint density at radius 1 is 1.39 bits per heavy atom. The molecule has 0 radical (unpaired) electrons. The van der Waals surface area contributed by atoms with Gasteiger partial charge in [-0.15, -0.1) is 0 Å². The number of fused-ring (bicyclic) bond motifs is 1. The molecule has 28 heavy (non-hydrogen) atoms. The highest BCUT2D eigenvalue weighted by Crippen LogP contribution is 2.26. The third-order valence-corrected chi connectivity index (χ3v) is 4.98. The van der Waals surface area contributed by atoms with Crippen molar-refractivity contribution in [3.05, 3.63) is 21.9 Å². The molecule has 1 aliphatic rings. The van der Waals surface area contributed by atoms with Crippen molar-refractivity contribution in [1.82, 2.24) is 19.5 Å². The highest BCUT2D eigenvalue weighted by molar-refractivity contribution is 9.10. The first kappa shape index (κ1) is 21.3. The molecule has 2 aromatic heterocycles. The second-order valence-electron chi connectivity index (χ2n) is 7.60. The SMILES string of the molecule is CC(C)(C)OC(=O)N(CCCN1CCOCC1)c1cc(Cl)nc2c(Br)cnn12. The van der Waals surface area contributed by atoms with Gasteiger partial charge in [0.15, 0.2) is 5.65 Å². The Kier molecular flexibility index (Phi) is 6.80. The van der Waals surface area contributed by atoms with Crippen LogP contribution in [0.5, 0.6) is 0 Å². The van der Waals surface area contributed by atoms with E-state index >= 15 is 0 Å². The van der Waals surface area contributed by atoms with Crippen molar-refractivity contribution in [1.29, 1.82) is 0 Å². The van der Waals surface area contributed by atoms with Gasteiger partial charge in [-0.05, 0) is 43.1 Å². The second-order valence-corrected chi connectivity index (χ2v) is 8.85. The quantitative estimate of drug-likeness (QED) is 0.617. The summed E-state index contributed by atoms with van der Waals surface area (Å²) in [6, 6.07) is 1.63. The van der Waals surface area contributed by atoms with Gasteiger partial charge < -0.3 is 9.47 Å². The lowest BCUT2D eigenvalue weighted by Gasteiger charge is -2.30. The van der Waals surface area contributed by atoms with Gasteiger partial charge in [0, 0.05) is 32.2 Å². The number of carbonyl (C=O) groups excluding carboxylic acids is 1. The predicted octanol–water partition coefficient (Wildman–Crippen LogP) is 3.61. The normalized spacial score (nSPS) is 15.8. The maximum absolute atomic E-state index is 13.0. The molecule has 0 spiro atoms. The molecule has 0 aromatic carbocycles. The van der Waals surface area contributed by atoms with Gasteiger partial charge in [0.2, 0.25) is 0 Å². The first-order valence-electron chi connectivity index (χ1n) is 9.25. The van der Waals surface area contributed by atoms with Gasteiger partial charge in [0.1, 0.15) is 16.6 Å². The minimum atomic E-state index is -0.611. The highest BCUT2D eigenvalue weighted by Gasteiger charge is 2.26. The largest absolute Gasteiger partial charge is 0.443 e. The van der Waals surface area contributed by atoms with E-state index in [0.717, 1.165) is 39.3 Å². The molecule has 0 aliphatic carbocycles. The lowest BCUT2D eigenvalue weighted by Crippen LogP contribution is -2.41. The van der Waals surface area contributed by atoms with Crippen molar-refractivity contribution in [3.63, 3.8) is 0 Å². The fourth-order valence-corrected chi connectivity index (χ4v) is 3.50. The average Bonchev–Trinajstić information content (AvgIpc) is 2.98. The molecule has 154 valence electrons. The van der Waals surface area contributed by atoms with Crippen LogP contribution in [0.25, 0.3) is 5.65 Å². The van der Waals surface area contributed by atoms with Crippen LogP contribution in [0.2, 0.25) is 5.15 Å². The summed E-state index contributed by atoms with van der Waals surface area (Å²) in [4.78, 5) is 21.1. The number of hydrogen-bond acceptors (Lipinski definition) is 6. The van der Waals surface area contributed by atoms with Crippen LogP contribution in [-0.2, 0) is 9.47 Å². The Bertz CT molecular complexity index is 832. The predicted molar refractivity (Wildman–Crippen MR) is 111 cm³/mol. The number of ether oxygens (including phenoxy) is 2. The lowest BCUT2D eigenvalue weighted by atomic mass is 10.2. The Labute approximate surface area is 177 Å². The first-order valence-corrected chi connectivity index (χ1v) is 10.4. The highest BCUT2D eigenvalue weighted by atomic mass is 79.9. The van der Waals surface area contributed by atoms with Crippen LogP contribution in [0.4, 0.5) is 10.6 Å². The Morgan fingerprint density at radius 3 is 2.79 bits per heavy atom. The van der Waals surface area contributed by atoms with Crippen molar-refractivity contribution >= 4 is 45.1 Å². The Morgan fingerprint density at radius 2 is 2.11 bits per heavy atom. The molecule has 0 N–H and O–H groups in total. The summed E-state index contributed by atoms with van der Waals surface area (Å²) in [7, 11) is 0. The number of rotatable bonds is 5. The van der Waals surface area contributed by atoms with E-state index in [1.165, 1.54) is 0 Å². The van der Waals surface area contributed by atoms with E-state index in [-0.39, 0.29) is 5.15 Å². The number of hydrogen-bond donors (Lipinski definition) is 0. The van der Waals surface area contributed by atoms with Crippen molar-refractivity contribution in [2.24, 2.45) is 0 Å². The number of carbonyl (C=O) groups is 1. The minimum Gasteiger partial charge on any atom is -0.443 e. The van der Waals surface area contributed by atoms with Crippen LogP contribution >= 0.6 is 27.5 Å². The van der Waals surface area contributed by atoms with E-state index in [0.29, 0.717) is 22.5 Å². The number of anilines is 1. The van der Waals surface area contributed by atoms with Crippen LogP contribution < -0.4 is 4.90 Å². The fraction of sp³-hybridized carbons (Fsp3) is 0.611. The van der Waals surface area contributed by atoms with Crippen LogP contribution in [0.15, 0.2) is 16.7 Å². The van der Waals surface area contributed by atoms with Crippen molar-refractivity contribution < 1.29 is 14.3 Å². The molecular weight excluding hydrogens is 450 g/mol. The molecule has 3 rings (SSSR count). The van der Waals surface area contributed by atoms with Gasteiger partial charge in [-0.1, -0.05) is 11.6 Å². The molecule has 10 heteroatoms. The number of nitrogens with zero attached hydrogens (tertiary/aromatic N) is 5. The Balaban J connectivity index is 1.84. The zero-order chi connectivity index (χ0) is 20.3. The molecule has 1 fully saturated rings. The summed E-state index contributed by atoms with van der Waals surface area (Å²) in [5, 5.41) is 4.61. The second kappa shape index (κ2) is 8.94. The molecule has 0 atom stereocenters. The summed E-state index contributed by atoms with van der Waals surface area (Å²) >= 11 is 9.63. The van der Waals surface area contributed by atoms with Crippen molar-refractivity contribution in [2.75, 3.05) is 44.3 Å². The average molecular weight is 475 g/mol. The van der Waals surface area contributed by atoms with Gasteiger partial charge in [-0.25, -0.2) is 9.78 Å². The number of aromatic nitrogens is 3. The zero-order valence-electron chi connectivity index (χ0n) is 16.3. The van der Waals surface area contributed by atoms with Crippen molar-refractivity contribution in [3.8, 4) is 0 Å². The van der Waals surface area contributed by atoms with Gasteiger partial charge in [0.25, 0.3) is 0 Å². The molecule has 0 unspecified atom stereocenters. The topological polar surface area (TPSA) is 72.2 Å². The van der Waals surface area contributed by atoms with Gasteiger partial charge in [-0.3, -0.25) is 9.80 Å². The molecule has 0 bridgehead atoms. The maximum Gasteiger partial charge on any atom is 0.416 e. The fourth-order valence-electron chi connectivity index (χ4n) is 2.98. The molecule has 8 nitrogen and oxygen atoms in total. The van der Waals surface area contributed by atoms with E-state index in [1.54, 1.807) is 21.7 Å². The summed E-state index contributed by atoms with van der Waals surface area (Å²) < 4.78 is 13.3. The van der Waals surface area contributed by atoms with E-state index in [2.05, 4.69) is 30.9 Å². The van der Waals surface area contributed by atoms with Crippen LogP contribution in [0.1, 0.15) is 27.2 Å². The number of halogens is 2. The lowest BCUT2D eigenvalue weighted by molar-refractivity contribution is 0.0371. The van der Waals surface area contributed by atoms with Gasteiger partial charge in [0.05, 0.1) is 23.9 Å². The summed E-state index contributed by atoms with van der Waals surface area (Å²) in [6.07, 6.45) is 1.97. The number of amides is 1. The van der Waals surface area contributed by atoms with E-state index in [4.69, 9.17) is 21.1 Å². The molecule has 0 saturated carbocycles. The summed E-state index contributed by atoms with van der Waals surface area (Å²) in [5.74, 6) is 0.525. The van der Waals surface area contributed by atoms with Crippen LogP contribution in [0, 0.1) is 0 Å². The van der Waals surface area contributed by atoms with Crippen LogP contribution in [-0.4, -0.2) is 70.6 Å². The van der Waals surface area contributed by atoms with Crippen LogP contribution in [0.3, 0.4) is 0 Å². The van der Waals surface area contributed by atoms with Gasteiger partial charge >= 0.3 is 6.09 Å². The molecule has 1 aliphatic heterocycles. The van der Waals surface area contributed by atoms with E-state index in [1.807, 2.05) is 20.8 Å². The van der Waals surface area contributed by atoms with E-state index < -0.39 is 11.7 Å². The first-order chi connectivity index (χ1) is 13.2. The minimum absolute atomic E-state index is 0.283. The smallest absolute Gasteiger partial charge is 0.416 e. The monoisotopic (exact) mass is 473 g/mol. The molecule has 1 saturated heterocycles. The summed E-state index contributed by atoms with van der Waals surface area (Å²) in [6.45, 7) is 10.2. The van der Waals surface area contributed by atoms with E-state index in [9.17, 15) is 4.79 Å². The molecular formula is C18H25BrClN5O3. The maximum atomic E-state index is 13.0.